The Kier molecular flexibility index (Phi) is 5.51. The van der Waals surface area contributed by atoms with Gasteiger partial charge in [-0.05, 0) is 53.8 Å². The largest absolute Gasteiger partial charge is 0.312 e. The first-order valence-electron chi connectivity index (χ1n) is 10.7. The molecule has 1 amide bonds. The summed E-state index contributed by atoms with van der Waals surface area (Å²) in [5.74, 6) is 0.641. The van der Waals surface area contributed by atoms with Crippen molar-refractivity contribution in [2.45, 2.75) is 19.4 Å². The van der Waals surface area contributed by atoms with E-state index in [0.717, 1.165) is 16.0 Å². The van der Waals surface area contributed by atoms with Gasteiger partial charge >= 0.3 is 0 Å². The second-order valence-electron chi connectivity index (χ2n) is 7.83. The fourth-order valence-corrected chi connectivity index (χ4v) is 4.85. The topological polar surface area (TPSA) is 86.0 Å². The molecule has 1 unspecified atom stereocenters. The van der Waals surface area contributed by atoms with Crippen molar-refractivity contribution in [1.29, 1.82) is 5.26 Å². The van der Waals surface area contributed by atoms with Gasteiger partial charge in [0.15, 0.2) is 11.6 Å². The molecule has 0 fully saturated rings. The van der Waals surface area contributed by atoms with Crippen LogP contribution in [-0.2, 0) is 4.79 Å². The van der Waals surface area contributed by atoms with Crippen LogP contribution in [0.15, 0.2) is 60.9 Å². The summed E-state index contributed by atoms with van der Waals surface area (Å²) in [6.45, 7) is 1.94. The number of carbonyl (C=O) groups excluding carboxylic acids is 1. The summed E-state index contributed by atoms with van der Waals surface area (Å²) >= 11 is 1.28. The second-order valence-corrected chi connectivity index (χ2v) is 8.63. The van der Waals surface area contributed by atoms with Crippen molar-refractivity contribution in [3.63, 3.8) is 0 Å². The molecule has 0 spiro atoms. The molecule has 0 radical (unpaired) electrons. The Hall–Kier alpha value is -4.16. The van der Waals surface area contributed by atoms with Gasteiger partial charge in [0, 0.05) is 12.7 Å². The minimum absolute atomic E-state index is 0.0714. The molecule has 34 heavy (non-hydrogen) atoms. The van der Waals surface area contributed by atoms with Crippen LogP contribution >= 0.6 is 11.5 Å². The number of aromatic nitrogens is 3. The fraction of sp³-hybridized carbons (Fsp3) is 0.160. The Morgan fingerprint density at radius 2 is 1.97 bits per heavy atom. The van der Waals surface area contributed by atoms with Crippen molar-refractivity contribution in [2.75, 3.05) is 16.8 Å². The van der Waals surface area contributed by atoms with Gasteiger partial charge in [-0.1, -0.05) is 25.1 Å². The number of hydrogen-bond donors (Lipinski definition) is 0. The Morgan fingerprint density at radius 1 is 1.18 bits per heavy atom. The number of benzene rings is 2. The van der Waals surface area contributed by atoms with E-state index in [1.807, 2.05) is 17.9 Å². The summed E-state index contributed by atoms with van der Waals surface area (Å²) in [5, 5.41) is 9.40. The third kappa shape index (κ3) is 3.58. The Balaban J connectivity index is 1.68. The van der Waals surface area contributed by atoms with Crippen molar-refractivity contribution in [1.82, 2.24) is 14.3 Å². The fourth-order valence-electron chi connectivity index (χ4n) is 4.10. The van der Waals surface area contributed by atoms with E-state index in [9.17, 15) is 14.4 Å². The molecule has 1 aliphatic rings. The lowest BCUT2D eigenvalue weighted by Crippen LogP contribution is -2.50. The minimum atomic E-state index is -0.480. The van der Waals surface area contributed by atoms with E-state index in [2.05, 4.69) is 15.4 Å². The lowest BCUT2D eigenvalue weighted by atomic mass is 10.0. The van der Waals surface area contributed by atoms with Crippen LogP contribution in [-0.4, -0.2) is 33.3 Å². The van der Waals surface area contributed by atoms with Crippen molar-refractivity contribution in [3.05, 3.63) is 72.3 Å². The van der Waals surface area contributed by atoms with Crippen LogP contribution < -0.4 is 9.80 Å². The Bertz CT molecular complexity index is 1430. The first kappa shape index (κ1) is 21.7. The molecule has 0 N–H and O–H groups in total. The highest BCUT2D eigenvalue weighted by molar-refractivity contribution is 7.10. The van der Waals surface area contributed by atoms with E-state index in [4.69, 9.17) is 4.98 Å². The standard InChI is InChI=1S/C25H19FN6OS/c1-3-20-25(33)31(2)21-14-28-23(19-13-29-34-22(19)16-7-9-17(26)10-8-16)30-24(21)32(20)18-6-4-5-15(11-18)12-27/h4-11,13-14,20H,3H2,1-2H3. The molecule has 0 aliphatic carbocycles. The average molecular weight is 471 g/mol. The summed E-state index contributed by atoms with van der Waals surface area (Å²) in [6.07, 6.45) is 3.88. The lowest BCUT2D eigenvalue weighted by molar-refractivity contribution is -0.119. The minimum Gasteiger partial charge on any atom is -0.312 e. The van der Waals surface area contributed by atoms with Crippen LogP contribution in [0.25, 0.3) is 21.8 Å². The molecular formula is C25H19FN6OS. The predicted octanol–water partition coefficient (Wildman–Crippen LogP) is 5.17. The molecule has 0 saturated heterocycles. The Labute approximate surface area is 199 Å². The number of fused-ring (bicyclic) bond motifs is 1. The van der Waals surface area contributed by atoms with E-state index in [0.29, 0.717) is 35.0 Å². The highest BCUT2D eigenvalue weighted by Gasteiger charge is 2.38. The van der Waals surface area contributed by atoms with E-state index >= 15 is 0 Å². The number of nitrogens with zero attached hydrogens (tertiary/aromatic N) is 6. The van der Waals surface area contributed by atoms with Gasteiger partial charge in [-0.25, -0.2) is 14.4 Å². The SMILES string of the molecule is CCC1C(=O)N(C)c2cnc(-c3cnsc3-c3ccc(F)cc3)nc2N1c1cccc(C#N)c1. The quantitative estimate of drug-likeness (QED) is 0.409. The number of likely N-dealkylation sites (N-methyl/N-ethyl adjacent to an activating group) is 1. The van der Waals surface area contributed by atoms with Crippen molar-refractivity contribution >= 4 is 34.6 Å². The molecule has 9 heteroatoms. The monoisotopic (exact) mass is 470 g/mol. The molecule has 3 heterocycles. The van der Waals surface area contributed by atoms with Gasteiger partial charge in [-0.3, -0.25) is 4.79 Å². The predicted molar refractivity (Wildman–Crippen MR) is 129 cm³/mol. The zero-order chi connectivity index (χ0) is 23.8. The maximum Gasteiger partial charge on any atom is 0.250 e. The van der Waals surface area contributed by atoms with Crippen LogP contribution in [0.5, 0.6) is 0 Å². The Morgan fingerprint density at radius 3 is 2.71 bits per heavy atom. The van der Waals surface area contributed by atoms with Gasteiger partial charge in [0.1, 0.15) is 17.5 Å². The number of amides is 1. The molecule has 7 nitrogen and oxygen atoms in total. The molecule has 1 atom stereocenters. The van der Waals surface area contributed by atoms with Crippen LogP contribution in [0.4, 0.5) is 21.6 Å². The first-order chi connectivity index (χ1) is 16.5. The summed E-state index contributed by atoms with van der Waals surface area (Å²) in [7, 11) is 1.71. The number of rotatable bonds is 4. The number of anilines is 3. The van der Waals surface area contributed by atoms with Gasteiger partial charge < -0.3 is 9.80 Å². The average Bonchev–Trinajstić information content (AvgIpc) is 3.36. The molecule has 2 aromatic carbocycles. The molecule has 168 valence electrons. The maximum absolute atomic E-state index is 13.4. The molecular weight excluding hydrogens is 451 g/mol. The first-order valence-corrected chi connectivity index (χ1v) is 11.4. The maximum atomic E-state index is 13.4. The second kappa shape index (κ2) is 8.65. The zero-order valence-electron chi connectivity index (χ0n) is 18.4. The van der Waals surface area contributed by atoms with E-state index in [1.165, 1.54) is 23.7 Å². The van der Waals surface area contributed by atoms with E-state index in [1.54, 1.807) is 54.7 Å². The molecule has 0 bridgehead atoms. The highest BCUT2D eigenvalue weighted by Crippen LogP contribution is 2.42. The summed E-state index contributed by atoms with van der Waals surface area (Å²) in [5.41, 5.74) is 3.32. The normalized spacial score (nSPS) is 15.2. The summed E-state index contributed by atoms with van der Waals surface area (Å²) in [6, 6.07) is 15.0. The zero-order valence-corrected chi connectivity index (χ0v) is 19.3. The van der Waals surface area contributed by atoms with Crippen LogP contribution in [0, 0.1) is 17.1 Å². The van der Waals surface area contributed by atoms with Crippen LogP contribution in [0.3, 0.4) is 0 Å². The van der Waals surface area contributed by atoms with Crippen molar-refractivity contribution < 1.29 is 9.18 Å². The van der Waals surface area contributed by atoms with Crippen LogP contribution in [0.2, 0.25) is 0 Å². The van der Waals surface area contributed by atoms with Gasteiger partial charge in [-0.15, -0.1) is 0 Å². The molecule has 2 aromatic heterocycles. The van der Waals surface area contributed by atoms with E-state index < -0.39 is 6.04 Å². The third-order valence-electron chi connectivity index (χ3n) is 5.82. The van der Waals surface area contributed by atoms with Crippen molar-refractivity contribution in [2.24, 2.45) is 0 Å². The number of carbonyl (C=O) groups is 1. The number of halogens is 1. The van der Waals surface area contributed by atoms with Gasteiger partial charge in [-0.2, -0.15) is 9.64 Å². The number of nitriles is 1. The van der Waals surface area contributed by atoms with Gasteiger partial charge in [0.25, 0.3) is 0 Å². The summed E-state index contributed by atoms with van der Waals surface area (Å²) < 4.78 is 17.8. The smallest absolute Gasteiger partial charge is 0.250 e. The van der Waals surface area contributed by atoms with Gasteiger partial charge in [0.05, 0.1) is 34.5 Å². The molecule has 0 saturated carbocycles. The van der Waals surface area contributed by atoms with E-state index in [-0.39, 0.29) is 11.7 Å². The molecule has 1 aliphatic heterocycles. The molecule has 4 aromatic rings. The third-order valence-corrected chi connectivity index (χ3v) is 6.67. The number of hydrogen-bond acceptors (Lipinski definition) is 7. The summed E-state index contributed by atoms with van der Waals surface area (Å²) in [4.78, 5) is 26.9. The van der Waals surface area contributed by atoms with Crippen molar-refractivity contribution in [3.8, 4) is 27.9 Å². The lowest BCUT2D eigenvalue weighted by Gasteiger charge is -2.40. The van der Waals surface area contributed by atoms with Gasteiger partial charge in [0.2, 0.25) is 5.91 Å². The molecule has 5 rings (SSSR count). The van der Waals surface area contributed by atoms with Crippen LogP contribution in [0.1, 0.15) is 18.9 Å². The highest BCUT2D eigenvalue weighted by atomic mass is 32.1.